The van der Waals surface area contributed by atoms with Crippen molar-refractivity contribution in [2.24, 2.45) is 0 Å². The fraction of sp³-hybridized carbons (Fsp3) is 0.364. The van der Waals surface area contributed by atoms with Crippen molar-refractivity contribution in [3.8, 4) is 5.88 Å². The highest BCUT2D eigenvalue weighted by Gasteiger charge is 2.25. The van der Waals surface area contributed by atoms with Crippen molar-refractivity contribution in [2.75, 3.05) is 13.7 Å². The minimum atomic E-state index is -0.370. The standard InChI is InChI=1S/C11H13N3O3/c1-17-9-4-2-3-8(13-9)7-14-10(15)5-6-12-11(14)16/h2-4H,5-7H2,1H3,(H,12,16). The van der Waals surface area contributed by atoms with E-state index in [0.717, 1.165) is 4.90 Å². The van der Waals surface area contributed by atoms with Gasteiger partial charge in [0.05, 0.1) is 19.3 Å². The maximum absolute atomic E-state index is 11.6. The van der Waals surface area contributed by atoms with Crippen LogP contribution in [0.1, 0.15) is 12.1 Å². The summed E-state index contributed by atoms with van der Waals surface area (Å²) in [6.07, 6.45) is 0.329. The second-order valence-corrected chi connectivity index (χ2v) is 3.63. The van der Waals surface area contributed by atoms with E-state index in [4.69, 9.17) is 4.74 Å². The zero-order chi connectivity index (χ0) is 12.3. The molecule has 1 aliphatic rings. The number of carbonyl (C=O) groups is 2. The highest BCUT2D eigenvalue weighted by Crippen LogP contribution is 2.11. The normalized spacial score (nSPS) is 15.7. The van der Waals surface area contributed by atoms with Crippen molar-refractivity contribution in [2.45, 2.75) is 13.0 Å². The monoisotopic (exact) mass is 235 g/mol. The minimum absolute atomic E-state index is 0.169. The number of imide groups is 1. The van der Waals surface area contributed by atoms with Crippen LogP contribution in [0.25, 0.3) is 0 Å². The van der Waals surface area contributed by atoms with Gasteiger partial charge in [-0.05, 0) is 6.07 Å². The first-order valence-corrected chi connectivity index (χ1v) is 5.29. The Morgan fingerprint density at radius 1 is 1.47 bits per heavy atom. The fourth-order valence-corrected chi connectivity index (χ4v) is 1.60. The Morgan fingerprint density at radius 2 is 2.29 bits per heavy atom. The second kappa shape index (κ2) is 4.82. The predicted molar refractivity (Wildman–Crippen MR) is 59.4 cm³/mol. The Bertz CT molecular complexity index is 431. The van der Waals surface area contributed by atoms with Gasteiger partial charge in [-0.3, -0.25) is 9.69 Å². The number of hydrogen-bond acceptors (Lipinski definition) is 4. The van der Waals surface area contributed by atoms with Gasteiger partial charge in [-0.2, -0.15) is 0 Å². The average molecular weight is 235 g/mol. The lowest BCUT2D eigenvalue weighted by Gasteiger charge is -2.25. The van der Waals surface area contributed by atoms with Crippen molar-refractivity contribution in [3.63, 3.8) is 0 Å². The van der Waals surface area contributed by atoms with Gasteiger partial charge in [-0.15, -0.1) is 0 Å². The van der Waals surface area contributed by atoms with Gasteiger partial charge in [0.25, 0.3) is 0 Å². The molecule has 1 saturated heterocycles. The lowest BCUT2D eigenvalue weighted by molar-refractivity contribution is -0.129. The lowest BCUT2D eigenvalue weighted by atomic mass is 10.2. The van der Waals surface area contributed by atoms with E-state index in [-0.39, 0.29) is 18.5 Å². The van der Waals surface area contributed by atoms with Crippen LogP contribution in [-0.2, 0) is 11.3 Å². The molecular weight excluding hydrogens is 222 g/mol. The number of aromatic nitrogens is 1. The van der Waals surface area contributed by atoms with Crippen LogP contribution in [0, 0.1) is 0 Å². The molecule has 1 aromatic heterocycles. The minimum Gasteiger partial charge on any atom is -0.481 e. The summed E-state index contributed by atoms with van der Waals surface area (Å²) in [6, 6.07) is 4.86. The number of carbonyl (C=O) groups excluding carboxylic acids is 2. The number of nitrogens with one attached hydrogen (secondary N) is 1. The van der Waals surface area contributed by atoms with Gasteiger partial charge in [0.15, 0.2) is 0 Å². The molecule has 1 N–H and O–H groups in total. The average Bonchev–Trinajstić information content (AvgIpc) is 2.34. The third-order valence-electron chi connectivity index (χ3n) is 2.47. The van der Waals surface area contributed by atoms with E-state index in [1.807, 2.05) is 0 Å². The van der Waals surface area contributed by atoms with E-state index >= 15 is 0 Å². The summed E-state index contributed by atoms with van der Waals surface area (Å²) in [6.45, 7) is 0.571. The van der Waals surface area contributed by atoms with Crippen molar-refractivity contribution in [3.05, 3.63) is 23.9 Å². The molecule has 0 radical (unpaired) electrons. The summed E-state index contributed by atoms with van der Waals surface area (Å²) < 4.78 is 4.98. The van der Waals surface area contributed by atoms with E-state index in [2.05, 4.69) is 10.3 Å². The summed E-state index contributed by atoms with van der Waals surface area (Å²) in [5.41, 5.74) is 0.620. The van der Waals surface area contributed by atoms with Gasteiger partial charge in [0, 0.05) is 19.0 Å². The molecule has 0 aromatic carbocycles. The molecule has 0 spiro atoms. The van der Waals surface area contributed by atoms with E-state index in [1.54, 1.807) is 18.2 Å². The van der Waals surface area contributed by atoms with Crippen LogP contribution in [0.15, 0.2) is 18.2 Å². The van der Waals surface area contributed by atoms with Gasteiger partial charge in [-0.25, -0.2) is 9.78 Å². The van der Waals surface area contributed by atoms with Crippen molar-refractivity contribution in [1.29, 1.82) is 0 Å². The quantitative estimate of drug-likeness (QED) is 0.829. The van der Waals surface area contributed by atoms with Gasteiger partial charge in [0.2, 0.25) is 11.8 Å². The van der Waals surface area contributed by atoms with Crippen LogP contribution in [0.4, 0.5) is 4.79 Å². The Labute approximate surface area is 98.6 Å². The summed E-state index contributed by atoms with van der Waals surface area (Å²) in [5.74, 6) is 0.283. The third-order valence-corrected chi connectivity index (χ3v) is 2.47. The number of rotatable bonds is 3. The Kier molecular flexibility index (Phi) is 3.22. The van der Waals surface area contributed by atoms with Crippen LogP contribution >= 0.6 is 0 Å². The number of methoxy groups -OCH3 is 1. The highest BCUT2D eigenvalue weighted by molar-refractivity contribution is 5.96. The first-order valence-electron chi connectivity index (χ1n) is 5.29. The number of ether oxygens (including phenoxy) is 1. The maximum Gasteiger partial charge on any atom is 0.324 e. The number of nitrogens with zero attached hydrogens (tertiary/aromatic N) is 2. The Balaban J connectivity index is 2.13. The van der Waals surface area contributed by atoms with Crippen molar-refractivity contribution < 1.29 is 14.3 Å². The Morgan fingerprint density at radius 3 is 3.00 bits per heavy atom. The molecule has 1 aliphatic heterocycles. The Hall–Kier alpha value is -2.11. The topological polar surface area (TPSA) is 71.5 Å². The number of pyridine rings is 1. The van der Waals surface area contributed by atoms with Gasteiger partial charge in [-0.1, -0.05) is 6.07 Å². The first kappa shape index (κ1) is 11.4. The van der Waals surface area contributed by atoms with E-state index < -0.39 is 0 Å². The SMILES string of the molecule is COc1cccc(CN2C(=O)CCNC2=O)n1. The number of hydrogen-bond donors (Lipinski definition) is 1. The molecule has 2 heterocycles. The maximum atomic E-state index is 11.6. The van der Waals surface area contributed by atoms with Gasteiger partial charge >= 0.3 is 6.03 Å². The molecule has 17 heavy (non-hydrogen) atoms. The van der Waals surface area contributed by atoms with Crippen LogP contribution in [-0.4, -0.2) is 35.5 Å². The second-order valence-electron chi connectivity index (χ2n) is 3.63. The molecule has 2 rings (SSSR count). The number of amides is 3. The first-order chi connectivity index (χ1) is 8.20. The molecule has 1 aromatic rings. The summed E-state index contributed by atoms with van der Waals surface area (Å²) >= 11 is 0. The molecule has 0 unspecified atom stereocenters. The summed E-state index contributed by atoms with van der Waals surface area (Å²) in [7, 11) is 1.52. The molecular formula is C11H13N3O3. The van der Waals surface area contributed by atoms with E-state index in [0.29, 0.717) is 24.5 Å². The van der Waals surface area contributed by atoms with Crippen LogP contribution in [0.5, 0.6) is 5.88 Å². The zero-order valence-corrected chi connectivity index (χ0v) is 9.47. The molecule has 6 heteroatoms. The molecule has 0 bridgehead atoms. The van der Waals surface area contributed by atoms with Gasteiger partial charge in [0.1, 0.15) is 0 Å². The molecule has 0 saturated carbocycles. The summed E-state index contributed by atoms with van der Waals surface area (Å²) in [4.78, 5) is 28.4. The summed E-state index contributed by atoms with van der Waals surface area (Å²) in [5, 5.41) is 2.62. The van der Waals surface area contributed by atoms with Crippen molar-refractivity contribution >= 4 is 11.9 Å². The molecule has 90 valence electrons. The van der Waals surface area contributed by atoms with Gasteiger partial charge < -0.3 is 10.1 Å². The molecule has 0 atom stereocenters. The van der Waals surface area contributed by atoms with Crippen LogP contribution in [0.3, 0.4) is 0 Å². The van der Waals surface area contributed by atoms with E-state index in [9.17, 15) is 9.59 Å². The van der Waals surface area contributed by atoms with Crippen LogP contribution < -0.4 is 10.1 Å². The smallest absolute Gasteiger partial charge is 0.324 e. The van der Waals surface area contributed by atoms with E-state index in [1.165, 1.54) is 7.11 Å². The highest BCUT2D eigenvalue weighted by atomic mass is 16.5. The molecule has 1 fully saturated rings. The molecule has 0 aliphatic carbocycles. The van der Waals surface area contributed by atoms with Crippen LogP contribution in [0.2, 0.25) is 0 Å². The lowest BCUT2D eigenvalue weighted by Crippen LogP contribution is -2.49. The molecule has 6 nitrogen and oxygen atoms in total. The zero-order valence-electron chi connectivity index (χ0n) is 9.47. The predicted octanol–water partition coefficient (Wildman–Crippen LogP) is 0.532. The number of urea groups is 1. The molecule has 3 amide bonds. The van der Waals surface area contributed by atoms with Crippen molar-refractivity contribution in [1.82, 2.24) is 15.2 Å². The third kappa shape index (κ3) is 2.52. The fourth-order valence-electron chi connectivity index (χ4n) is 1.60. The largest absolute Gasteiger partial charge is 0.481 e.